The summed E-state index contributed by atoms with van der Waals surface area (Å²) in [5, 5.41) is 21.8. The van der Waals surface area contributed by atoms with E-state index in [0.717, 1.165) is 12.1 Å². The molecule has 1 saturated heterocycles. The van der Waals surface area contributed by atoms with Crippen molar-refractivity contribution in [1.82, 2.24) is 4.98 Å². The summed E-state index contributed by atoms with van der Waals surface area (Å²) in [5.41, 5.74) is -2.30. The number of rotatable bonds is 3. The molecule has 0 aliphatic carbocycles. The third kappa shape index (κ3) is 3.25. The first-order chi connectivity index (χ1) is 9.76. The van der Waals surface area contributed by atoms with Crippen molar-refractivity contribution in [3.8, 4) is 6.07 Å². The van der Waals surface area contributed by atoms with E-state index in [1.54, 1.807) is 13.0 Å². The SMILES string of the molecule is CC1OCCC1(O)CNc1nc(C(F)(F)F)ccc1C#N. The molecule has 0 saturated carbocycles. The van der Waals surface area contributed by atoms with E-state index < -0.39 is 23.6 Å². The van der Waals surface area contributed by atoms with Crippen LogP contribution in [0.4, 0.5) is 19.0 Å². The molecule has 1 aromatic heterocycles. The molecule has 0 bridgehead atoms. The highest BCUT2D eigenvalue weighted by atomic mass is 19.4. The Bertz CT molecular complexity index is 571. The maximum absolute atomic E-state index is 12.6. The Morgan fingerprint density at radius 2 is 2.29 bits per heavy atom. The van der Waals surface area contributed by atoms with Crippen molar-refractivity contribution < 1.29 is 23.0 Å². The van der Waals surface area contributed by atoms with Crippen LogP contribution in [0, 0.1) is 11.3 Å². The fraction of sp³-hybridized carbons (Fsp3) is 0.538. The van der Waals surface area contributed by atoms with Crippen LogP contribution in [-0.2, 0) is 10.9 Å². The number of nitrogens with zero attached hydrogens (tertiary/aromatic N) is 2. The number of hydrogen-bond acceptors (Lipinski definition) is 5. The molecule has 1 fully saturated rings. The van der Waals surface area contributed by atoms with Crippen molar-refractivity contribution in [3.05, 3.63) is 23.4 Å². The van der Waals surface area contributed by atoms with Gasteiger partial charge in [0.1, 0.15) is 23.2 Å². The zero-order valence-corrected chi connectivity index (χ0v) is 11.2. The molecule has 1 aliphatic heterocycles. The monoisotopic (exact) mass is 301 g/mol. The molecule has 2 unspecified atom stereocenters. The number of ether oxygens (including phenoxy) is 1. The number of aliphatic hydroxyl groups is 1. The number of halogens is 3. The first-order valence-corrected chi connectivity index (χ1v) is 6.32. The van der Waals surface area contributed by atoms with Gasteiger partial charge in [0, 0.05) is 19.6 Å². The lowest BCUT2D eigenvalue weighted by Crippen LogP contribution is -2.43. The molecule has 21 heavy (non-hydrogen) atoms. The van der Waals surface area contributed by atoms with Gasteiger partial charge in [-0.3, -0.25) is 0 Å². The van der Waals surface area contributed by atoms with Gasteiger partial charge < -0.3 is 15.2 Å². The van der Waals surface area contributed by atoms with E-state index in [-0.39, 0.29) is 17.9 Å². The fourth-order valence-corrected chi connectivity index (χ4v) is 2.08. The van der Waals surface area contributed by atoms with Gasteiger partial charge in [0.2, 0.25) is 0 Å². The topological polar surface area (TPSA) is 78.2 Å². The normalized spacial score (nSPS) is 25.6. The van der Waals surface area contributed by atoms with Gasteiger partial charge in [0.15, 0.2) is 0 Å². The Hall–Kier alpha value is -1.85. The summed E-state index contributed by atoms with van der Waals surface area (Å²) in [6, 6.07) is 3.57. The van der Waals surface area contributed by atoms with E-state index >= 15 is 0 Å². The van der Waals surface area contributed by atoms with Crippen molar-refractivity contribution in [1.29, 1.82) is 5.26 Å². The number of nitriles is 1. The van der Waals surface area contributed by atoms with Crippen LogP contribution in [0.5, 0.6) is 0 Å². The van der Waals surface area contributed by atoms with E-state index in [4.69, 9.17) is 10.00 Å². The minimum Gasteiger partial charge on any atom is -0.385 e. The largest absolute Gasteiger partial charge is 0.433 e. The van der Waals surface area contributed by atoms with E-state index in [1.165, 1.54) is 0 Å². The summed E-state index contributed by atoms with van der Waals surface area (Å²) in [7, 11) is 0. The predicted molar refractivity (Wildman–Crippen MR) is 67.4 cm³/mol. The second-order valence-electron chi connectivity index (χ2n) is 4.92. The van der Waals surface area contributed by atoms with Crippen LogP contribution < -0.4 is 5.32 Å². The predicted octanol–water partition coefficient (Wildman–Crippen LogP) is 1.92. The Labute approximate surface area is 119 Å². The van der Waals surface area contributed by atoms with Crippen LogP contribution in [-0.4, -0.2) is 34.9 Å². The Balaban J connectivity index is 2.21. The van der Waals surface area contributed by atoms with Crippen LogP contribution in [0.25, 0.3) is 0 Å². The third-order valence-corrected chi connectivity index (χ3v) is 3.53. The van der Waals surface area contributed by atoms with Crippen LogP contribution in [0.2, 0.25) is 0 Å². The van der Waals surface area contributed by atoms with E-state index in [9.17, 15) is 18.3 Å². The maximum atomic E-state index is 12.6. The average molecular weight is 301 g/mol. The van der Waals surface area contributed by atoms with Crippen LogP contribution in [0.1, 0.15) is 24.6 Å². The van der Waals surface area contributed by atoms with Gasteiger partial charge in [-0.05, 0) is 19.1 Å². The summed E-state index contributed by atoms with van der Waals surface area (Å²) >= 11 is 0. The van der Waals surface area contributed by atoms with Gasteiger partial charge >= 0.3 is 6.18 Å². The molecule has 0 amide bonds. The summed E-state index contributed by atoms with van der Waals surface area (Å²) in [6.07, 6.45) is -4.67. The van der Waals surface area contributed by atoms with Gasteiger partial charge in [0.05, 0.1) is 11.7 Å². The standard InChI is InChI=1S/C13H14F3N3O2/c1-8-12(20,4-5-21-8)7-18-11-9(6-17)2-3-10(19-11)13(14,15)16/h2-3,8,20H,4-5,7H2,1H3,(H,18,19). The summed E-state index contributed by atoms with van der Waals surface area (Å²) in [6.45, 7) is 2.01. The van der Waals surface area contributed by atoms with Crippen LogP contribution >= 0.6 is 0 Å². The third-order valence-electron chi connectivity index (χ3n) is 3.53. The van der Waals surface area contributed by atoms with E-state index in [0.29, 0.717) is 13.0 Å². The van der Waals surface area contributed by atoms with Gasteiger partial charge in [-0.2, -0.15) is 18.4 Å². The number of hydrogen-bond donors (Lipinski definition) is 2. The lowest BCUT2D eigenvalue weighted by Gasteiger charge is -2.26. The minimum atomic E-state index is -4.59. The lowest BCUT2D eigenvalue weighted by atomic mass is 9.96. The van der Waals surface area contributed by atoms with E-state index in [2.05, 4.69) is 10.3 Å². The Morgan fingerprint density at radius 1 is 1.57 bits per heavy atom. The molecule has 114 valence electrons. The molecule has 1 aliphatic rings. The van der Waals surface area contributed by atoms with Gasteiger partial charge in [-0.25, -0.2) is 4.98 Å². The highest BCUT2D eigenvalue weighted by Gasteiger charge is 2.40. The zero-order chi connectivity index (χ0) is 15.7. The van der Waals surface area contributed by atoms with Gasteiger partial charge in [-0.15, -0.1) is 0 Å². The second-order valence-corrected chi connectivity index (χ2v) is 4.92. The fourth-order valence-electron chi connectivity index (χ4n) is 2.08. The van der Waals surface area contributed by atoms with Crippen molar-refractivity contribution in [2.75, 3.05) is 18.5 Å². The first-order valence-electron chi connectivity index (χ1n) is 6.32. The molecule has 1 aromatic rings. The van der Waals surface area contributed by atoms with Crippen LogP contribution in [0.15, 0.2) is 12.1 Å². The highest BCUT2D eigenvalue weighted by molar-refractivity contribution is 5.52. The zero-order valence-electron chi connectivity index (χ0n) is 11.2. The summed E-state index contributed by atoms with van der Waals surface area (Å²) in [5.74, 6) is -0.195. The molecule has 0 aromatic carbocycles. The number of aromatic nitrogens is 1. The number of pyridine rings is 1. The molecule has 5 nitrogen and oxygen atoms in total. The summed E-state index contributed by atoms with van der Waals surface area (Å²) in [4.78, 5) is 3.42. The van der Waals surface area contributed by atoms with Gasteiger partial charge in [0.25, 0.3) is 0 Å². The van der Waals surface area contributed by atoms with Crippen molar-refractivity contribution >= 4 is 5.82 Å². The second kappa shape index (κ2) is 5.50. The quantitative estimate of drug-likeness (QED) is 0.892. The number of nitrogens with one attached hydrogen (secondary N) is 1. The molecule has 0 radical (unpaired) electrons. The molecule has 0 spiro atoms. The van der Waals surface area contributed by atoms with Crippen molar-refractivity contribution in [2.45, 2.75) is 31.2 Å². The average Bonchev–Trinajstić information content (AvgIpc) is 2.75. The molecule has 8 heteroatoms. The van der Waals surface area contributed by atoms with Crippen molar-refractivity contribution in [2.24, 2.45) is 0 Å². The first kappa shape index (κ1) is 15.5. The van der Waals surface area contributed by atoms with Crippen LogP contribution in [0.3, 0.4) is 0 Å². The number of anilines is 1. The maximum Gasteiger partial charge on any atom is 0.433 e. The molecule has 2 atom stereocenters. The number of alkyl halides is 3. The van der Waals surface area contributed by atoms with Gasteiger partial charge in [-0.1, -0.05) is 0 Å². The molecule has 2 N–H and O–H groups in total. The smallest absolute Gasteiger partial charge is 0.385 e. The molecular formula is C13H14F3N3O2. The Morgan fingerprint density at radius 3 is 2.81 bits per heavy atom. The Kier molecular flexibility index (Phi) is 4.07. The summed E-state index contributed by atoms with van der Waals surface area (Å²) < 4.78 is 43.2. The lowest BCUT2D eigenvalue weighted by molar-refractivity contribution is -0.141. The molecular weight excluding hydrogens is 287 g/mol. The molecule has 2 heterocycles. The van der Waals surface area contributed by atoms with Crippen molar-refractivity contribution in [3.63, 3.8) is 0 Å². The minimum absolute atomic E-state index is 0.0156. The highest BCUT2D eigenvalue weighted by Crippen LogP contribution is 2.30. The molecule has 2 rings (SSSR count). The van der Waals surface area contributed by atoms with E-state index in [1.807, 2.05) is 0 Å².